The molecule has 3 nitrogen and oxygen atoms in total. The maximum Gasteiger partial charge on any atom is 0.252 e. The van der Waals surface area contributed by atoms with Gasteiger partial charge < -0.3 is 10.4 Å². The summed E-state index contributed by atoms with van der Waals surface area (Å²) in [5.41, 5.74) is -0.436. The molecule has 3 aromatic rings. The Morgan fingerprint density at radius 3 is 2.68 bits per heavy atom. The van der Waals surface area contributed by atoms with Gasteiger partial charge in [-0.2, -0.15) is 0 Å². The predicted octanol–water partition coefficient (Wildman–Crippen LogP) is 3.54. The molecule has 0 saturated carbocycles. The molecule has 2 N–H and O–H groups in total. The third-order valence-corrected chi connectivity index (χ3v) is 4.80. The van der Waals surface area contributed by atoms with E-state index in [9.17, 15) is 9.90 Å². The Morgan fingerprint density at radius 2 is 1.91 bits per heavy atom. The van der Waals surface area contributed by atoms with Gasteiger partial charge in [0.25, 0.3) is 5.91 Å². The van der Waals surface area contributed by atoms with Crippen LogP contribution in [0, 0.1) is 0 Å². The first-order valence-corrected chi connectivity index (χ1v) is 7.98. The minimum atomic E-state index is -1.06. The number of aliphatic hydroxyl groups is 1. The summed E-state index contributed by atoms with van der Waals surface area (Å²) >= 11 is 1.48. The lowest BCUT2D eigenvalue weighted by molar-refractivity contribution is 0.0557. The number of benzene rings is 2. The summed E-state index contributed by atoms with van der Waals surface area (Å²) in [7, 11) is 0. The second kappa shape index (κ2) is 5.91. The summed E-state index contributed by atoms with van der Waals surface area (Å²) in [5.74, 6) is -0.173. The summed E-state index contributed by atoms with van der Waals surface area (Å²) in [4.78, 5) is 13.3. The number of thiophene rings is 1. The fraction of sp³-hybridized carbons (Fsp3) is 0.167. The van der Waals surface area contributed by atoms with Gasteiger partial charge in [-0.3, -0.25) is 4.79 Å². The number of carbonyl (C=O) groups excluding carboxylic acids is 1. The summed E-state index contributed by atoms with van der Waals surface area (Å²) < 4.78 is 0. The summed E-state index contributed by atoms with van der Waals surface area (Å²) in [5, 5.41) is 17.2. The molecular formula is C18H17NO2S. The van der Waals surface area contributed by atoms with Gasteiger partial charge >= 0.3 is 0 Å². The van der Waals surface area contributed by atoms with E-state index in [2.05, 4.69) is 5.32 Å². The van der Waals surface area contributed by atoms with Crippen LogP contribution in [-0.2, 0) is 5.60 Å². The summed E-state index contributed by atoms with van der Waals surface area (Å²) in [6.07, 6.45) is 0. The SMILES string of the molecule is C[C@](O)(CNC(=O)c1cccc2ccccc12)c1cccs1. The number of carbonyl (C=O) groups is 1. The van der Waals surface area contributed by atoms with Crippen LogP contribution in [0.15, 0.2) is 60.0 Å². The van der Waals surface area contributed by atoms with Gasteiger partial charge in [0.05, 0.1) is 6.54 Å². The fourth-order valence-electron chi connectivity index (χ4n) is 2.44. The Bertz CT molecular complexity index is 788. The molecule has 0 fully saturated rings. The first-order valence-electron chi connectivity index (χ1n) is 7.10. The fourth-order valence-corrected chi connectivity index (χ4v) is 3.23. The van der Waals surface area contributed by atoms with E-state index in [0.29, 0.717) is 5.56 Å². The zero-order valence-corrected chi connectivity index (χ0v) is 13.1. The van der Waals surface area contributed by atoms with Gasteiger partial charge in [0, 0.05) is 10.4 Å². The lowest BCUT2D eigenvalue weighted by Crippen LogP contribution is -2.38. The number of rotatable bonds is 4. The standard InChI is InChI=1S/C18H17NO2S/c1-18(21,16-10-5-11-22-16)12-19-17(20)15-9-4-7-13-6-2-3-8-14(13)15/h2-11,21H,12H2,1H3,(H,19,20)/t18-/m0/s1. The molecule has 1 heterocycles. The smallest absolute Gasteiger partial charge is 0.252 e. The van der Waals surface area contributed by atoms with Gasteiger partial charge in [0.1, 0.15) is 5.60 Å². The molecule has 112 valence electrons. The molecular weight excluding hydrogens is 294 g/mol. The second-order valence-electron chi connectivity index (χ2n) is 5.46. The monoisotopic (exact) mass is 311 g/mol. The molecule has 1 aromatic heterocycles. The van der Waals surface area contributed by atoms with Crippen LogP contribution in [0.5, 0.6) is 0 Å². The van der Waals surface area contributed by atoms with Crippen molar-refractivity contribution in [3.8, 4) is 0 Å². The number of hydrogen-bond donors (Lipinski definition) is 2. The Morgan fingerprint density at radius 1 is 1.14 bits per heavy atom. The molecule has 0 aliphatic carbocycles. The highest BCUT2D eigenvalue weighted by molar-refractivity contribution is 7.10. The second-order valence-corrected chi connectivity index (χ2v) is 6.41. The first-order chi connectivity index (χ1) is 10.6. The van der Waals surface area contributed by atoms with Crippen molar-refractivity contribution in [3.63, 3.8) is 0 Å². The zero-order valence-electron chi connectivity index (χ0n) is 12.2. The van der Waals surface area contributed by atoms with Crippen molar-refractivity contribution < 1.29 is 9.90 Å². The van der Waals surface area contributed by atoms with Gasteiger partial charge in [-0.1, -0.05) is 42.5 Å². The third-order valence-electron chi connectivity index (χ3n) is 3.68. The highest BCUT2D eigenvalue weighted by Crippen LogP contribution is 2.25. The minimum absolute atomic E-state index is 0.173. The van der Waals surface area contributed by atoms with Crippen molar-refractivity contribution in [2.45, 2.75) is 12.5 Å². The highest BCUT2D eigenvalue weighted by atomic mass is 32.1. The van der Waals surface area contributed by atoms with Gasteiger partial charge in [-0.25, -0.2) is 0 Å². The quantitative estimate of drug-likeness (QED) is 0.774. The molecule has 3 rings (SSSR count). The molecule has 0 aliphatic rings. The topological polar surface area (TPSA) is 49.3 Å². The Balaban J connectivity index is 1.80. The number of amides is 1. The Kier molecular flexibility index (Phi) is 3.96. The molecule has 0 spiro atoms. The van der Waals surface area contributed by atoms with Crippen LogP contribution in [0.2, 0.25) is 0 Å². The van der Waals surface area contributed by atoms with E-state index in [-0.39, 0.29) is 12.5 Å². The van der Waals surface area contributed by atoms with Crippen LogP contribution in [0.4, 0.5) is 0 Å². The first kappa shape index (κ1) is 14.8. The van der Waals surface area contributed by atoms with E-state index in [0.717, 1.165) is 15.6 Å². The van der Waals surface area contributed by atoms with Crippen LogP contribution in [-0.4, -0.2) is 17.6 Å². The summed E-state index contributed by atoms with van der Waals surface area (Å²) in [6.45, 7) is 1.89. The molecule has 1 atom stereocenters. The Hall–Kier alpha value is -2.17. The van der Waals surface area contributed by atoms with E-state index >= 15 is 0 Å². The van der Waals surface area contributed by atoms with Crippen molar-refractivity contribution in [2.75, 3.05) is 6.54 Å². The lowest BCUT2D eigenvalue weighted by Gasteiger charge is -2.22. The van der Waals surface area contributed by atoms with E-state index in [1.807, 2.05) is 53.9 Å². The molecule has 0 unspecified atom stereocenters. The highest BCUT2D eigenvalue weighted by Gasteiger charge is 2.25. The molecule has 0 bridgehead atoms. The van der Waals surface area contributed by atoms with Gasteiger partial charge in [0.15, 0.2) is 0 Å². The van der Waals surface area contributed by atoms with Crippen molar-refractivity contribution in [3.05, 3.63) is 70.4 Å². The maximum atomic E-state index is 12.5. The van der Waals surface area contributed by atoms with E-state index in [1.165, 1.54) is 11.3 Å². The molecule has 22 heavy (non-hydrogen) atoms. The number of fused-ring (bicyclic) bond motifs is 1. The average Bonchev–Trinajstić information content (AvgIpc) is 3.07. The molecule has 1 amide bonds. The van der Waals surface area contributed by atoms with Crippen LogP contribution in [0.25, 0.3) is 10.8 Å². The third kappa shape index (κ3) is 2.89. The van der Waals surface area contributed by atoms with Crippen molar-refractivity contribution in [1.82, 2.24) is 5.32 Å². The molecule has 4 heteroatoms. The van der Waals surface area contributed by atoms with Crippen LogP contribution < -0.4 is 5.32 Å². The van der Waals surface area contributed by atoms with E-state index < -0.39 is 5.60 Å². The average molecular weight is 311 g/mol. The summed E-state index contributed by atoms with van der Waals surface area (Å²) in [6, 6.07) is 17.2. The van der Waals surface area contributed by atoms with Crippen LogP contribution in [0.3, 0.4) is 0 Å². The zero-order chi connectivity index (χ0) is 15.6. The van der Waals surface area contributed by atoms with E-state index in [4.69, 9.17) is 0 Å². The normalized spacial score (nSPS) is 13.7. The van der Waals surface area contributed by atoms with Gasteiger partial charge in [0.2, 0.25) is 0 Å². The van der Waals surface area contributed by atoms with Crippen molar-refractivity contribution >= 4 is 28.0 Å². The maximum absolute atomic E-state index is 12.5. The van der Waals surface area contributed by atoms with E-state index in [1.54, 1.807) is 13.0 Å². The van der Waals surface area contributed by atoms with Gasteiger partial charge in [-0.05, 0) is 35.2 Å². The Labute approximate surface area is 133 Å². The number of nitrogens with one attached hydrogen (secondary N) is 1. The van der Waals surface area contributed by atoms with Crippen molar-refractivity contribution in [1.29, 1.82) is 0 Å². The molecule has 0 saturated heterocycles. The molecule has 2 aromatic carbocycles. The lowest BCUT2D eigenvalue weighted by atomic mass is 10.0. The molecule has 0 radical (unpaired) electrons. The van der Waals surface area contributed by atoms with Crippen molar-refractivity contribution in [2.24, 2.45) is 0 Å². The largest absolute Gasteiger partial charge is 0.383 e. The van der Waals surface area contributed by atoms with Crippen LogP contribution in [0.1, 0.15) is 22.2 Å². The predicted molar refractivity (Wildman–Crippen MR) is 90.2 cm³/mol. The number of hydrogen-bond acceptors (Lipinski definition) is 3. The minimum Gasteiger partial charge on any atom is -0.383 e. The molecule has 0 aliphatic heterocycles. The van der Waals surface area contributed by atoms with Gasteiger partial charge in [-0.15, -0.1) is 11.3 Å². The van der Waals surface area contributed by atoms with Crippen LogP contribution >= 0.6 is 11.3 Å².